The van der Waals surface area contributed by atoms with Crippen LogP contribution in [0.4, 0.5) is 0 Å². The standard InChI is InChI=1S/C29H31NO/c1-28(2,3)16-20-12-11-18-13-14-30-25-22-15-19-9-7-8-10-21(19)23(17-29(4,5)6)27(22)31-26(20)24(18)25/h7-15H,16-17H2,1-6H3. The largest absolute Gasteiger partial charge is 0.455 e. The third-order valence-corrected chi connectivity index (χ3v) is 5.96. The molecule has 0 unspecified atom stereocenters. The number of hydrogen-bond donors (Lipinski definition) is 0. The number of benzene rings is 3. The van der Waals surface area contributed by atoms with Gasteiger partial charge in [0.2, 0.25) is 0 Å². The lowest BCUT2D eigenvalue weighted by Gasteiger charge is -2.29. The van der Waals surface area contributed by atoms with Gasteiger partial charge in [0.25, 0.3) is 0 Å². The Labute approximate surface area is 185 Å². The van der Waals surface area contributed by atoms with Gasteiger partial charge in [-0.2, -0.15) is 0 Å². The molecule has 0 amide bonds. The topological polar surface area (TPSA) is 22.1 Å². The van der Waals surface area contributed by atoms with Crippen molar-refractivity contribution in [3.8, 4) is 22.8 Å². The minimum Gasteiger partial charge on any atom is -0.455 e. The molecule has 0 aliphatic carbocycles. The number of aromatic nitrogens is 1. The molecular formula is C29H31NO. The van der Waals surface area contributed by atoms with Gasteiger partial charge in [-0.3, -0.25) is 4.98 Å². The lowest BCUT2D eigenvalue weighted by atomic mass is 9.82. The predicted octanol–water partition coefficient (Wildman–Crippen LogP) is 8.34. The Morgan fingerprint density at radius 2 is 1.52 bits per heavy atom. The van der Waals surface area contributed by atoms with Crippen molar-refractivity contribution in [3.63, 3.8) is 0 Å². The Hall–Kier alpha value is -2.87. The fourth-order valence-electron chi connectivity index (χ4n) is 4.82. The second kappa shape index (κ2) is 6.82. The summed E-state index contributed by atoms with van der Waals surface area (Å²) in [6.45, 7) is 13.7. The zero-order valence-corrected chi connectivity index (χ0v) is 19.5. The van der Waals surface area contributed by atoms with Crippen LogP contribution in [0, 0.1) is 10.8 Å². The van der Waals surface area contributed by atoms with Crippen LogP contribution in [0.15, 0.2) is 54.7 Å². The summed E-state index contributed by atoms with van der Waals surface area (Å²) in [6.07, 6.45) is 3.84. The molecule has 0 N–H and O–H groups in total. The highest BCUT2D eigenvalue weighted by molar-refractivity contribution is 6.06. The number of ether oxygens (including phenoxy) is 1. The summed E-state index contributed by atoms with van der Waals surface area (Å²) in [7, 11) is 0. The summed E-state index contributed by atoms with van der Waals surface area (Å²) in [6, 6.07) is 17.5. The lowest BCUT2D eigenvalue weighted by molar-refractivity contribution is 0.389. The Morgan fingerprint density at radius 3 is 2.26 bits per heavy atom. The molecule has 4 aromatic rings. The molecule has 2 heteroatoms. The fourth-order valence-corrected chi connectivity index (χ4v) is 4.82. The first kappa shape index (κ1) is 20.1. The molecule has 1 aromatic heterocycles. The SMILES string of the molecule is CC(C)(C)Cc1ccc2ccnc3c2c1Oc1c-3cc2ccccc2c1CC(C)(C)C. The molecule has 0 bridgehead atoms. The third kappa shape index (κ3) is 3.59. The molecule has 3 aromatic carbocycles. The van der Waals surface area contributed by atoms with Crippen molar-refractivity contribution < 1.29 is 4.74 Å². The Balaban J connectivity index is 1.85. The predicted molar refractivity (Wildman–Crippen MR) is 131 cm³/mol. The highest BCUT2D eigenvalue weighted by Gasteiger charge is 2.29. The molecule has 0 saturated heterocycles. The van der Waals surface area contributed by atoms with Crippen LogP contribution in [-0.2, 0) is 12.8 Å². The number of pyridine rings is 1. The zero-order chi connectivity index (χ0) is 22.0. The van der Waals surface area contributed by atoms with E-state index >= 15 is 0 Å². The molecule has 31 heavy (non-hydrogen) atoms. The van der Waals surface area contributed by atoms with E-state index in [1.54, 1.807) is 0 Å². The summed E-state index contributed by atoms with van der Waals surface area (Å²) < 4.78 is 6.87. The summed E-state index contributed by atoms with van der Waals surface area (Å²) in [5.74, 6) is 1.98. The van der Waals surface area contributed by atoms with E-state index in [0.717, 1.165) is 41.0 Å². The van der Waals surface area contributed by atoms with Crippen LogP contribution in [0.5, 0.6) is 11.5 Å². The fraction of sp³-hybridized carbons (Fsp3) is 0.345. The Morgan fingerprint density at radius 1 is 0.774 bits per heavy atom. The molecule has 2 nitrogen and oxygen atoms in total. The van der Waals surface area contributed by atoms with Crippen molar-refractivity contribution in [1.29, 1.82) is 0 Å². The molecule has 5 rings (SSSR count). The lowest BCUT2D eigenvalue weighted by Crippen LogP contribution is -2.14. The maximum atomic E-state index is 6.87. The van der Waals surface area contributed by atoms with Crippen LogP contribution in [0.25, 0.3) is 32.8 Å². The number of fused-ring (bicyclic) bond motifs is 3. The smallest absolute Gasteiger partial charge is 0.140 e. The average Bonchev–Trinajstić information content (AvgIpc) is 2.68. The van der Waals surface area contributed by atoms with Gasteiger partial charge in [-0.25, -0.2) is 0 Å². The molecule has 1 aliphatic rings. The van der Waals surface area contributed by atoms with Crippen LogP contribution in [0.1, 0.15) is 52.7 Å². The third-order valence-electron chi connectivity index (χ3n) is 5.96. The molecule has 1 aliphatic heterocycles. The number of rotatable bonds is 2. The molecule has 0 spiro atoms. The van der Waals surface area contributed by atoms with Crippen molar-refractivity contribution in [2.75, 3.05) is 0 Å². The van der Waals surface area contributed by atoms with Gasteiger partial charge in [0.1, 0.15) is 11.5 Å². The van der Waals surface area contributed by atoms with Crippen LogP contribution in [-0.4, -0.2) is 4.98 Å². The van der Waals surface area contributed by atoms with E-state index in [9.17, 15) is 0 Å². The summed E-state index contributed by atoms with van der Waals surface area (Å²) in [4.78, 5) is 4.88. The van der Waals surface area contributed by atoms with E-state index < -0.39 is 0 Å². The highest BCUT2D eigenvalue weighted by atomic mass is 16.5. The summed E-state index contributed by atoms with van der Waals surface area (Å²) in [5, 5.41) is 4.86. The van der Waals surface area contributed by atoms with E-state index in [1.165, 1.54) is 27.3 Å². The second-order valence-electron chi connectivity index (χ2n) is 11.3. The van der Waals surface area contributed by atoms with Crippen molar-refractivity contribution in [1.82, 2.24) is 4.98 Å². The van der Waals surface area contributed by atoms with Gasteiger partial charge in [-0.05, 0) is 57.5 Å². The van der Waals surface area contributed by atoms with Crippen LogP contribution >= 0.6 is 0 Å². The Bertz CT molecular complexity index is 1320. The van der Waals surface area contributed by atoms with Gasteiger partial charge >= 0.3 is 0 Å². The normalized spacial score (nSPS) is 13.4. The molecular weight excluding hydrogens is 378 g/mol. The second-order valence-corrected chi connectivity index (χ2v) is 11.3. The Kier molecular flexibility index (Phi) is 4.41. The quantitative estimate of drug-likeness (QED) is 0.292. The maximum absolute atomic E-state index is 6.87. The first-order valence-electron chi connectivity index (χ1n) is 11.2. The van der Waals surface area contributed by atoms with Crippen LogP contribution < -0.4 is 4.74 Å². The van der Waals surface area contributed by atoms with Gasteiger partial charge in [-0.1, -0.05) is 77.9 Å². The number of hydrogen-bond acceptors (Lipinski definition) is 2. The zero-order valence-electron chi connectivity index (χ0n) is 19.5. The molecule has 0 atom stereocenters. The summed E-state index contributed by atoms with van der Waals surface area (Å²) >= 11 is 0. The summed E-state index contributed by atoms with van der Waals surface area (Å²) in [5.41, 5.74) is 5.03. The number of nitrogens with zero attached hydrogens (tertiary/aromatic N) is 1. The molecule has 0 fully saturated rings. The van der Waals surface area contributed by atoms with Crippen LogP contribution in [0.2, 0.25) is 0 Å². The van der Waals surface area contributed by atoms with Crippen molar-refractivity contribution in [2.45, 2.75) is 54.4 Å². The minimum absolute atomic E-state index is 0.145. The van der Waals surface area contributed by atoms with Crippen molar-refractivity contribution >= 4 is 21.5 Å². The molecule has 0 radical (unpaired) electrons. The maximum Gasteiger partial charge on any atom is 0.140 e. The monoisotopic (exact) mass is 409 g/mol. The first-order valence-corrected chi connectivity index (χ1v) is 11.2. The first-order chi connectivity index (χ1) is 14.6. The highest BCUT2D eigenvalue weighted by Crippen LogP contribution is 2.51. The van der Waals surface area contributed by atoms with Crippen LogP contribution in [0.3, 0.4) is 0 Å². The van der Waals surface area contributed by atoms with Gasteiger partial charge in [0.15, 0.2) is 0 Å². The van der Waals surface area contributed by atoms with Gasteiger partial charge < -0.3 is 4.74 Å². The molecule has 158 valence electrons. The van der Waals surface area contributed by atoms with E-state index in [1.807, 2.05) is 6.20 Å². The minimum atomic E-state index is 0.145. The van der Waals surface area contributed by atoms with E-state index in [4.69, 9.17) is 9.72 Å². The van der Waals surface area contributed by atoms with Crippen molar-refractivity contribution in [2.24, 2.45) is 10.8 Å². The van der Waals surface area contributed by atoms with Gasteiger partial charge in [0.05, 0.1) is 11.1 Å². The van der Waals surface area contributed by atoms with E-state index in [2.05, 4.69) is 90.1 Å². The van der Waals surface area contributed by atoms with Gasteiger partial charge in [0, 0.05) is 17.3 Å². The van der Waals surface area contributed by atoms with E-state index in [0.29, 0.717) is 0 Å². The van der Waals surface area contributed by atoms with Gasteiger partial charge in [-0.15, -0.1) is 0 Å². The van der Waals surface area contributed by atoms with E-state index in [-0.39, 0.29) is 10.8 Å². The molecule has 2 heterocycles. The van der Waals surface area contributed by atoms with Crippen molar-refractivity contribution in [3.05, 3.63) is 65.9 Å². The molecule has 0 saturated carbocycles. The average molecular weight is 410 g/mol.